The summed E-state index contributed by atoms with van der Waals surface area (Å²) in [7, 11) is 3.94. The predicted molar refractivity (Wildman–Crippen MR) is 94.6 cm³/mol. The summed E-state index contributed by atoms with van der Waals surface area (Å²) in [4.78, 5) is 17.8. The fourth-order valence-electron chi connectivity index (χ4n) is 2.47. The van der Waals surface area contributed by atoms with E-state index in [0.29, 0.717) is 17.1 Å². The van der Waals surface area contributed by atoms with Crippen LogP contribution in [-0.4, -0.2) is 32.3 Å². The molecule has 2 aromatic carbocycles. The van der Waals surface area contributed by atoms with E-state index in [-0.39, 0.29) is 5.91 Å². The average Bonchev–Trinajstić information content (AvgIpc) is 2.53. The molecule has 0 radical (unpaired) electrons. The molecule has 5 heteroatoms. The first kappa shape index (κ1) is 15.3. The first-order chi connectivity index (χ1) is 10.6. The number of fused-ring (bicyclic) bond motifs is 1. The highest BCUT2D eigenvalue weighted by Crippen LogP contribution is 2.37. The van der Waals surface area contributed by atoms with E-state index >= 15 is 0 Å². The Morgan fingerprint density at radius 1 is 1.23 bits per heavy atom. The van der Waals surface area contributed by atoms with Gasteiger partial charge in [0.25, 0.3) is 5.91 Å². The van der Waals surface area contributed by atoms with Gasteiger partial charge in [0.15, 0.2) is 0 Å². The van der Waals surface area contributed by atoms with E-state index in [9.17, 15) is 4.79 Å². The molecule has 3 rings (SSSR count). The van der Waals surface area contributed by atoms with E-state index in [1.165, 1.54) is 0 Å². The van der Waals surface area contributed by atoms with E-state index in [2.05, 4.69) is 0 Å². The van der Waals surface area contributed by atoms with Crippen molar-refractivity contribution in [3.63, 3.8) is 0 Å². The molecular formula is C17H17ClN2OS. The van der Waals surface area contributed by atoms with Gasteiger partial charge in [-0.3, -0.25) is 4.79 Å². The maximum Gasteiger partial charge on any atom is 0.258 e. The lowest BCUT2D eigenvalue weighted by Gasteiger charge is -2.29. The molecule has 1 aliphatic heterocycles. The van der Waals surface area contributed by atoms with Crippen LogP contribution in [-0.2, 0) is 0 Å². The quantitative estimate of drug-likeness (QED) is 0.825. The van der Waals surface area contributed by atoms with Gasteiger partial charge in [0.1, 0.15) is 0 Å². The van der Waals surface area contributed by atoms with E-state index in [4.69, 9.17) is 11.6 Å². The fraction of sp³-hybridized carbons (Fsp3) is 0.235. The molecule has 114 valence electrons. The third-order valence-corrected chi connectivity index (χ3v) is 4.92. The summed E-state index contributed by atoms with van der Waals surface area (Å²) in [5.41, 5.74) is 2.62. The zero-order valence-electron chi connectivity index (χ0n) is 12.5. The largest absolute Gasteiger partial charge is 0.378 e. The minimum Gasteiger partial charge on any atom is -0.378 e. The summed E-state index contributed by atoms with van der Waals surface area (Å²) in [5, 5.41) is 0.654. The second-order valence-corrected chi connectivity index (χ2v) is 6.94. The number of hydrogen-bond acceptors (Lipinski definition) is 3. The van der Waals surface area contributed by atoms with Crippen LogP contribution in [0.15, 0.2) is 47.4 Å². The van der Waals surface area contributed by atoms with Crippen molar-refractivity contribution < 1.29 is 4.79 Å². The smallest absolute Gasteiger partial charge is 0.258 e. The third kappa shape index (κ3) is 2.94. The number of halogens is 1. The summed E-state index contributed by atoms with van der Waals surface area (Å²) >= 11 is 7.87. The molecule has 1 heterocycles. The van der Waals surface area contributed by atoms with Gasteiger partial charge in [-0.05, 0) is 36.4 Å². The SMILES string of the molecule is CN(C)c1cccc(C(=O)N2CCSc3ccc(Cl)cc32)c1. The molecule has 0 atom stereocenters. The summed E-state index contributed by atoms with van der Waals surface area (Å²) in [6.45, 7) is 0.697. The number of hydrogen-bond donors (Lipinski definition) is 0. The van der Waals surface area contributed by atoms with Gasteiger partial charge < -0.3 is 9.80 Å². The lowest BCUT2D eigenvalue weighted by Crippen LogP contribution is -2.35. The Labute approximate surface area is 139 Å². The minimum absolute atomic E-state index is 0.0208. The molecule has 0 aromatic heterocycles. The first-order valence-electron chi connectivity index (χ1n) is 7.08. The Morgan fingerprint density at radius 2 is 2.05 bits per heavy atom. The van der Waals surface area contributed by atoms with Crippen molar-refractivity contribution in [1.29, 1.82) is 0 Å². The van der Waals surface area contributed by atoms with Gasteiger partial charge in [-0.2, -0.15) is 0 Å². The third-order valence-electron chi connectivity index (χ3n) is 3.64. The van der Waals surface area contributed by atoms with Crippen molar-refractivity contribution in [3.05, 3.63) is 53.1 Å². The molecule has 3 nitrogen and oxygen atoms in total. The molecule has 2 aromatic rings. The van der Waals surface area contributed by atoms with Crippen LogP contribution in [0.4, 0.5) is 11.4 Å². The number of carbonyl (C=O) groups excluding carboxylic acids is 1. The van der Waals surface area contributed by atoms with Gasteiger partial charge in [0, 0.05) is 47.6 Å². The molecular weight excluding hydrogens is 316 g/mol. The van der Waals surface area contributed by atoms with Crippen LogP contribution >= 0.6 is 23.4 Å². The molecule has 0 spiro atoms. The summed E-state index contributed by atoms with van der Waals surface area (Å²) in [6.07, 6.45) is 0. The van der Waals surface area contributed by atoms with Crippen molar-refractivity contribution in [2.24, 2.45) is 0 Å². The molecule has 1 aliphatic rings. The number of benzene rings is 2. The topological polar surface area (TPSA) is 23.6 Å². The molecule has 0 aliphatic carbocycles. The van der Waals surface area contributed by atoms with Crippen molar-refractivity contribution >= 4 is 40.6 Å². The summed E-state index contributed by atoms with van der Waals surface area (Å²) < 4.78 is 0. The zero-order valence-corrected chi connectivity index (χ0v) is 14.1. The molecule has 0 saturated heterocycles. The molecule has 1 amide bonds. The zero-order chi connectivity index (χ0) is 15.7. The number of carbonyl (C=O) groups is 1. The Morgan fingerprint density at radius 3 is 2.82 bits per heavy atom. The summed E-state index contributed by atoms with van der Waals surface area (Å²) in [6, 6.07) is 13.4. The minimum atomic E-state index is 0.0208. The Hall–Kier alpha value is -1.65. The van der Waals surface area contributed by atoms with Crippen molar-refractivity contribution in [2.45, 2.75) is 4.90 Å². The van der Waals surface area contributed by atoms with Crippen LogP contribution in [0.2, 0.25) is 5.02 Å². The fourth-order valence-corrected chi connectivity index (χ4v) is 3.62. The number of amides is 1. The molecule has 0 fully saturated rings. The van der Waals surface area contributed by atoms with E-state index in [1.807, 2.05) is 66.4 Å². The highest BCUT2D eigenvalue weighted by Gasteiger charge is 2.24. The maximum atomic E-state index is 12.9. The van der Waals surface area contributed by atoms with Crippen LogP contribution < -0.4 is 9.80 Å². The van der Waals surface area contributed by atoms with Gasteiger partial charge in [-0.25, -0.2) is 0 Å². The molecule has 0 bridgehead atoms. The number of anilines is 2. The molecule has 0 unspecified atom stereocenters. The van der Waals surface area contributed by atoms with Crippen molar-refractivity contribution in [2.75, 3.05) is 36.2 Å². The van der Waals surface area contributed by atoms with E-state index in [1.54, 1.807) is 11.8 Å². The van der Waals surface area contributed by atoms with E-state index in [0.717, 1.165) is 22.0 Å². The second-order valence-electron chi connectivity index (χ2n) is 5.36. The van der Waals surface area contributed by atoms with Crippen LogP contribution in [0, 0.1) is 0 Å². The summed E-state index contributed by atoms with van der Waals surface area (Å²) in [5.74, 6) is 0.917. The van der Waals surface area contributed by atoms with Crippen LogP contribution in [0.5, 0.6) is 0 Å². The number of rotatable bonds is 2. The molecule has 0 N–H and O–H groups in total. The van der Waals surface area contributed by atoms with Crippen LogP contribution in [0.1, 0.15) is 10.4 Å². The Bertz CT molecular complexity index is 718. The van der Waals surface area contributed by atoms with Gasteiger partial charge >= 0.3 is 0 Å². The van der Waals surface area contributed by atoms with Gasteiger partial charge in [-0.15, -0.1) is 11.8 Å². The standard InChI is InChI=1S/C17H17ClN2OS/c1-19(2)14-5-3-4-12(10-14)17(21)20-8-9-22-16-7-6-13(18)11-15(16)20/h3-7,10-11H,8-9H2,1-2H3. The van der Waals surface area contributed by atoms with Gasteiger partial charge in [0.05, 0.1) is 5.69 Å². The Kier molecular flexibility index (Phi) is 4.32. The van der Waals surface area contributed by atoms with Crippen LogP contribution in [0.25, 0.3) is 0 Å². The van der Waals surface area contributed by atoms with Gasteiger partial charge in [0.2, 0.25) is 0 Å². The predicted octanol–water partition coefficient (Wildman–Crippen LogP) is 4.16. The highest BCUT2D eigenvalue weighted by atomic mass is 35.5. The van der Waals surface area contributed by atoms with E-state index < -0.39 is 0 Å². The number of nitrogens with zero attached hydrogens (tertiary/aromatic N) is 2. The van der Waals surface area contributed by atoms with Crippen molar-refractivity contribution in [1.82, 2.24) is 0 Å². The number of thioether (sulfide) groups is 1. The second kappa shape index (κ2) is 6.23. The molecule has 0 saturated carbocycles. The Balaban J connectivity index is 1.97. The lowest BCUT2D eigenvalue weighted by molar-refractivity contribution is 0.0987. The molecule has 22 heavy (non-hydrogen) atoms. The monoisotopic (exact) mass is 332 g/mol. The van der Waals surface area contributed by atoms with Crippen LogP contribution in [0.3, 0.4) is 0 Å². The first-order valence-corrected chi connectivity index (χ1v) is 8.44. The normalized spacial score (nSPS) is 13.7. The van der Waals surface area contributed by atoms with Crippen molar-refractivity contribution in [3.8, 4) is 0 Å². The van der Waals surface area contributed by atoms with Gasteiger partial charge in [-0.1, -0.05) is 17.7 Å². The highest BCUT2D eigenvalue weighted by molar-refractivity contribution is 7.99. The lowest BCUT2D eigenvalue weighted by atomic mass is 10.1. The maximum absolute atomic E-state index is 12.9. The average molecular weight is 333 g/mol.